The number of hydrogen-bond donors (Lipinski definition) is 2. The molecule has 1 amide bonds. The number of alkyl halides is 2. The summed E-state index contributed by atoms with van der Waals surface area (Å²) in [7, 11) is 0. The molecule has 4 nitrogen and oxygen atoms in total. The molecule has 1 aromatic carbocycles. The number of rotatable bonds is 5. The van der Waals surface area contributed by atoms with Gasteiger partial charge in [-0.15, -0.1) is 0 Å². The van der Waals surface area contributed by atoms with Crippen LogP contribution in [0.5, 0.6) is 0 Å². The molecular formula is C14H15F2NO3. The molecule has 2 rings (SSSR count). The van der Waals surface area contributed by atoms with Crippen molar-refractivity contribution in [3.8, 4) is 0 Å². The maximum absolute atomic E-state index is 13.1. The molecule has 1 aliphatic carbocycles. The third-order valence-electron chi connectivity index (χ3n) is 3.60. The van der Waals surface area contributed by atoms with Gasteiger partial charge in [0.1, 0.15) is 5.41 Å². The van der Waals surface area contributed by atoms with Crippen LogP contribution in [-0.4, -0.2) is 22.9 Å². The molecule has 1 unspecified atom stereocenters. The van der Waals surface area contributed by atoms with E-state index >= 15 is 0 Å². The average Bonchev–Trinajstić information content (AvgIpc) is 2.89. The fourth-order valence-corrected chi connectivity index (χ4v) is 1.92. The van der Waals surface area contributed by atoms with Gasteiger partial charge < -0.3 is 10.4 Å². The number of aliphatic carboxylic acids is 1. The normalized spacial score (nSPS) is 23.1. The summed E-state index contributed by atoms with van der Waals surface area (Å²) in [5.74, 6) is -4.51. The van der Waals surface area contributed by atoms with Crippen LogP contribution in [0.3, 0.4) is 0 Å². The van der Waals surface area contributed by atoms with Crippen molar-refractivity contribution in [1.29, 1.82) is 0 Å². The molecule has 1 atom stereocenters. The van der Waals surface area contributed by atoms with Crippen molar-refractivity contribution in [2.75, 3.05) is 5.32 Å². The molecule has 0 bridgehead atoms. The standard InChI is InChI=1S/C14H15F2NO3/c1-13(8-14(13,15)16)12(20)17-10-5-2-9(3-6-10)4-7-11(18)19/h2-3,5-6H,4,7-8H2,1H3,(H,17,20)(H,18,19). The van der Waals surface area contributed by atoms with Gasteiger partial charge in [0, 0.05) is 18.5 Å². The first-order chi connectivity index (χ1) is 9.24. The van der Waals surface area contributed by atoms with Crippen LogP contribution in [-0.2, 0) is 16.0 Å². The molecule has 1 aromatic rings. The SMILES string of the molecule is CC1(C(=O)Nc2ccc(CCC(=O)O)cc2)CC1(F)F. The van der Waals surface area contributed by atoms with Crippen molar-refractivity contribution < 1.29 is 23.5 Å². The summed E-state index contributed by atoms with van der Waals surface area (Å²) >= 11 is 0. The number of carbonyl (C=O) groups is 2. The molecular weight excluding hydrogens is 268 g/mol. The van der Waals surface area contributed by atoms with E-state index < -0.39 is 29.6 Å². The van der Waals surface area contributed by atoms with Crippen LogP contribution < -0.4 is 5.32 Å². The third kappa shape index (κ3) is 2.79. The van der Waals surface area contributed by atoms with Crippen LogP contribution in [0.15, 0.2) is 24.3 Å². The monoisotopic (exact) mass is 283 g/mol. The summed E-state index contributed by atoms with van der Waals surface area (Å²) in [6, 6.07) is 6.51. The molecule has 0 radical (unpaired) electrons. The third-order valence-corrected chi connectivity index (χ3v) is 3.60. The van der Waals surface area contributed by atoms with Gasteiger partial charge in [-0.25, -0.2) is 8.78 Å². The minimum absolute atomic E-state index is 0.0238. The number of nitrogens with one attached hydrogen (secondary N) is 1. The number of benzene rings is 1. The highest BCUT2D eigenvalue weighted by Gasteiger charge is 2.72. The van der Waals surface area contributed by atoms with Gasteiger partial charge in [-0.1, -0.05) is 12.1 Å². The average molecular weight is 283 g/mol. The second-order valence-corrected chi connectivity index (χ2v) is 5.26. The van der Waals surface area contributed by atoms with Crippen LogP contribution >= 0.6 is 0 Å². The lowest BCUT2D eigenvalue weighted by molar-refractivity contribution is -0.137. The summed E-state index contributed by atoms with van der Waals surface area (Å²) in [6.45, 7) is 1.24. The van der Waals surface area contributed by atoms with E-state index in [1.54, 1.807) is 24.3 Å². The van der Waals surface area contributed by atoms with Gasteiger partial charge in [0.15, 0.2) is 0 Å². The summed E-state index contributed by atoms with van der Waals surface area (Å²) in [5.41, 5.74) is -0.374. The lowest BCUT2D eigenvalue weighted by atomic mass is 10.1. The summed E-state index contributed by atoms with van der Waals surface area (Å²) in [4.78, 5) is 22.2. The maximum atomic E-state index is 13.1. The number of carboxylic acids is 1. The summed E-state index contributed by atoms with van der Waals surface area (Å²) in [6.07, 6.45) is -0.0160. The molecule has 0 spiro atoms. The van der Waals surface area contributed by atoms with Crippen molar-refractivity contribution >= 4 is 17.6 Å². The fraction of sp³-hybridized carbons (Fsp3) is 0.429. The van der Waals surface area contributed by atoms with Crippen LogP contribution in [0.2, 0.25) is 0 Å². The summed E-state index contributed by atoms with van der Waals surface area (Å²) in [5, 5.41) is 11.0. The van der Waals surface area contributed by atoms with E-state index in [0.717, 1.165) is 5.56 Å². The Labute approximate surface area is 114 Å². The molecule has 0 aromatic heterocycles. The number of carbonyl (C=O) groups excluding carboxylic acids is 1. The number of aryl methyl sites for hydroxylation is 1. The number of halogens is 2. The number of carboxylic acid groups (broad SMARTS) is 1. The van der Waals surface area contributed by atoms with Crippen molar-refractivity contribution in [2.45, 2.75) is 32.1 Å². The van der Waals surface area contributed by atoms with Crippen molar-refractivity contribution in [3.63, 3.8) is 0 Å². The van der Waals surface area contributed by atoms with Gasteiger partial charge in [-0.3, -0.25) is 9.59 Å². The lowest BCUT2D eigenvalue weighted by Crippen LogP contribution is -2.26. The van der Waals surface area contributed by atoms with Crippen molar-refractivity contribution in [2.24, 2.45) is 5.41 Å². The number of hydrogen-bond acceptors (Lipinski definition) is 2. The Morgan fingerprint density at radius 3 is 2.30 bits per heavy atom. The molecule has 0 aliphatic heterocycles. The topological polar surface area (TPSA) is 66.4 Å². The Hall–Kier alpha value is -1.98. The van der Waals surface area contributed by atoms with E-state index in [1.807, 2.05) is 0 Å². The molecule has 1 aliphatic rings. The van der Waals surface area contributed by atoms with Gasteiger partial charge in [0.05, 0.1) is 0 Å². The van der Waals surface area contributed by atoms with E-state index in [2.05, 4.69) is 5.32 Å². The van der Waals surface area contributed by atoms with Crippen molar-refractivity contribution in [3.05, 3.63) is 29.8 Å². The number of amides is 1. The van der Waals surface area contributed by atoms with Gasteiger partial charge in [0.25, 0.3) is 5.92 Å². The first-order valence-corrected chi connectivity index (χ1v) is 6.25. The molecule has 108 valence electrons. The zero-order chi connectivity index (χ0) is 15.0. The second kappa shape index (κ2) is 4.85. The minimum Gasteiger partial charge on any atom is -0.481 e. The predicted octanol–water partition coefficient (Wildman–Crippen LogP) is 2.69. The van der Waals surface area contributed by atoms with Crippen LogP contribution in [0, 0.1) is 5.41 Å². The largest absolute Gasteiger partial charge is 0.481 e. The van der Waals surface area contributed by atoms with Gasteiger partial charge in [0.2, 0.25) is 5.91 Å². The molecule has 1 saturated carbocycles. The van der Waals surface area contributed by atoms with Gasteiger partial charge >= 0.3 is 5.97 Å². The Balaban J connectivity index is 1.94. The molecule has 1 fully saturated rings. The van der Waals surface area contributed by atoms with E-state index in [4.69, 9.17) is 5.11 Å². The first-order valence-electron chi connectivity index (χ1n) is 6.25. The Kier molecular flexibility index (Phi) is 3.50. The zero-order valence-electron chi connectivity index (χ0n) is 11.0. The highest BCUT2D eigenvalue weighted by Crippen LogP contribution is 2.60. The zero-order valence-corrected chi connectivity index (χ0v) is 11.0. The Morgan fingerprint density at radius 1 is 1.30 bits per heavy atom. The predicted molar refractivity (Wildman–Crippen MR) is 68.7 cm³/mol. The Morgan fingerprint density at radius 2 is 1.85 bits per heavy atom. The van der Waals surface area contributed by atoms with E-state index in [9.17, 15) is 18.4 Å². The van der Waals surface area contributed by atoms with Gasteiger partial charge in [-0.05, 0) is 31.0 Å². The van der Waals surface area contributed by atoms with Crippen LogP contribution in [0.4, 0.5) is 14.5 Å². The van der Waals surface area contributed by atoms with Crippen molar-refractivity contribution in [1.82, 2.24) is 0 Å². The van der Waals surface area contributed by atoms with Crippen LogP contribution in [0.1, 0.15) is 25.3 Å². The number of anilines is 1. The highest BCUT2D eigenvalue weighted by atomic mass is 19.3. The molecule has 20 heavy (non-hydrogen) atoms. The lowest BCUT2D eigenvalue weighted by Gasteiger charge is -2.11. The molecule has 0 saturated heterocycles. The quantitative estimate of drug-likeness (QED) is 0.873. The smallest absolute Gasteiger partial charge is 0.303 e. The highest BCUT2D eigenvalue weighted by molar-refractivity contribution is 5.98. The van der Waals surface area contributed by atoms with Crippen LogP contribution in [0.25, 0.3) is 0 Å². The second-order valence-electron chi connectivity index (χ2n) is 5.26. The van der Waals surface area contributed by atoms with E-state index in [-0.39, 0.29) is 6.42 Å². The molecule has 0 heterocycles. The molecule has 2 N–H and O–H groups in total. The van der Waals surface area contributed by atoms with E-state index in [1.165, 1.54) is 6.92 Å². The molecule has 6 heteroatoms. The van der Waals surface area contributed by atoms with E-state index in [0.29, 0.717) is 12.1 Å². The van der Waals surface area contributed by atoms with Gasteiger partial charge in [-0.2, -0.15) is 0 Å². The fourth-order valence-electron chi connectivity index (χ4n) is 1.92. The first kappa shape index (κ1) is 14.4. The maximum Gasteiger partial charge on any atom is 0.303 e. The summed E-state index contributed by atoms with van der Waals surface area (Å²) < 4.78 is 26.1. The Bertz CT molecular complexity index is 542. The minimum atomic E-state index is -2.93.